The number of hydrogen-bond acceptors (Lipinski definition) is 4. The lowest BCUT2D eigenvalue weighted by Crippen LogP contribution is -2.43. The standard InChI is InChI=1S/C16H19F3N2O4/c1-10(11-4-6-12(7-5-11)25-16(17,18)19)20-14(22)9-21-8-2-3-13(21)15(23)24/h4-7,10,13H,2-3,8-9H2,1H3,(H,20,22)(H,23,24)/t10?,13-/m1/s1. The van der Waals surface area contributed by atoms with E-state index in [0.29, 0.717) is 18.5 Å². The van der Waals surface area contributed by atoms with E-state index in [-0.39, 0.29) is 18.2 Å². The van der Waals surface area contributed by atoms with Gasteiger partial charge in [0.05, 0.1) is 12.6 Å². The number of amides is 1. The molecule has 6 nitrogen and oxygen atoms in total. The highest BCUT2D eigenvalue weighted by Crippen LogP contribution is 2.24. The Bertz CT molecular complexity index is 619. The van der Waals surface area contributed by atoms with Gasteiger partial charge >= 0.3 is 12.3 Å². The van der Waals surface area contributed by atoms with Crippen LogP contribution in [0.3, 0.4) is 0 Å². The monoisotopic (exact) mass is 360 g/mol. The molecule has 2 N–H and O–H groups in total. The molecule has 2 rings (SSSR count). The van der Waals surface area contributed by atoms with Crippen LogP contribution in [0.25, 0.3) is 0 Å². The summed E-state index contributed by atoms with van der Waals surface area (Å²) in [6.07, 6.45) is -3.52. The number of nitrogens with zero attached hydrogens (tertiary/aromatic N) is 1. The lowest BCUT2D eigenvalue weighted by molar-refractivity contribution is -0.274. The van der Waals surface area contributed by atoms with Gasteiger partial charge in [-0.2, -0.15) is 0 Å². The van der Waals surface area contributed by atoms with Crippen LogP contribution in [0.5, 0.6) is 5.75 Å². The number of likely N-dealkylation sites (tertiary alicyclic amines) is 1. The van der Waals surface area contributed by atoms with Crippen LogP contribution in [-0.2, 0) is 9.59 Å². The predicted molar refractivity (Wildman–Crippen MR) is 81.9 cm³/mol. The molecule has 1 aliphatic rings. The molecule has 138 valence electrons. The van der Waals surface area contributed by atoms with Crippen LogP contribution in [0, 0.1) is 0 Å². The summed E-state index contributed by atoms with van der Waals surface area (Å²) >= 11 is 0. The predicted octanol–water partition coefficient (Wildman–Crippen LogP) is 2.31. The molecule has 0 aromatic heterocycles. The summed E-state index contributed by atoms with van der Waals surface area (Å²) < 4.78 is 40.2. The van der Waals surface area contributed by atoms with Crippen molar-refractivity contribution >= 4 is 11.9 Å². The van der Waals surface area contributed by atoms with E-state index in [9.17, 15) is 22.8 Å². The number of aliphatic carboxylic acids is 1. The first-order chi connectivity index (χ1) is 11.7. The molecule has 1 heterocycles. The SMILES string of the molecule is CC(NC(=O)CN1CCC[C@@H]1C(=O)O)c1ccc(OC(F)(F)F)cc1. The zero-order valence-electron chi connectivity index (χ0n) is 13.5. The number of benzene rings is 1. The van der Waals surface area contributed by atoms with Gasteiger partial charge in [0.15, 0.2) is 0 Å². The highest BCUT2D eigenvalue weighted by Gasteiger charge is 2.32. The topological polar surface area (TPSA) is 78.9 Å². The van der Waals surface area contributed by atoms with Crippen molar-refractivity contribution in [1.29, 1.82) is 0 Å². The van der Waals surface area contributed by atoms with Crippen LogP contribution in [0.2, 0.25) is 0 Å². The zero-order chi connectivity index (χ0) is 18.6. The normalized spacial score (nSPS) is 19.4. The van der Waals surface area contributed by atoms with Crippen LogP contribution in [0.1, 0.15) is 31.4 Å². The second-order valence-electron chi connectivity index (χ2n) is 5.87. The molecule has 1 aliphatic heterocycles. The molecule has 0 aliphatic carbocycles. The maximum absolute atomic E-state index is 12.1. The first kappa shape index (κ1) is 19.0. The zero-order valence-corrected chi connectivity index (χ0v) is 13.5. The molecule has 1 aromatic rings. The highest BCUT2D eigenvalue weighted by molar-refractivity contribution is 5.80. The summed E-state index contributed by atoms with van der Waals surface area (Å²) in [5.74, 6) is -1.62. The van der Waals surface area contributed by atoms with E-state index in [1.807, 2.05) is 0 Å². The summed E-state index contributed by atoms with van der Waals surface area (Å²) in [6.45, 7) is 2.20. The van der Waals surface area contributed by atoms with E-state index >= 15 is 0 Å². The third kappa shape index (κ3) is 5.63. The Morgan fingerprint density at radius 1 is 1.36 bits per heavy atom. The second-order valence-corrected chi connectivity index (χ2v) is 5.87. The van der Waals surface area contributed by atoms with Crippen molar-refractivity contribution in [3.05, 3.63) is 29.8 Å². The fraction of sp³-hybridized carbons (Fsp3) is 0.500. The molecule has 1 unspecified atom stereocenters. The number of hydrogen-bond donors (Lipinski definition) is 2. The molecule has 0 spiro atoms. The number of alkyl halides is 3. The van der Waals surface area contributed by atoms with Crippen molar-refractivity contribution in [2.24, 2.45) is 0 Å². The lowest BCUT2D eigenvalue weighted by Gasteiger charge is -2.22. The summed E-state index contributed by atoms with van der Waals surface area (Å²) in [7, 11) is 0. The summed E-state index contributed by atoms with van der Waals surface area (Å²) in [4.78, 5) is 24.8. The highest BCUT2D eigenvalue weighted by atomic mass is 19.4. The van der Waals surface area contributed by atoms with Gasteiger partial charge in [0.25, 0.3) is 0 Å². The third-order valence-electron chi connectivity index (χ3n) is 3.99. The van der Waals surface area contributed by atoms with Gasteiger partial charge in [-0.05, 0) is 44.0 Å². The molecule has 1 saturated heterocycles. The summed E-state index contributed by atoms with van der Waals surface area (Å²) in [5.41, 5.74) is 0.610. The molecule has 1 aromatic carbocycles. The average molecular weight is 360 g/mol. The maximum atomic E-state index is 12.1. The van der Waals surface area contributed by atoms with Crippen LogP contribution >= 0.6 is 0 Å². The number of rotatable bonds is 6. The Morgan fingerprint density at radius 2 is 2.00 bits per heavy atom. The van der Waals surface area contributed by atoms with Crippen molar-refractivity contribution < 1.29 is 32.6 Å². The Hall–Kier alpha value is -2.29. The van der Waals surface area contributed by atoms with Gasteiger partial charge in [-0.3, -0.25) is 14.5 Å². The van der Waals surface area contributed by atoms with E-state index in [1.165, 1.54) is 24.3 Å². The van der Waals surface area contributed by atoms with Gasteiger partial charge < -0.3 is 15.2 Å². The smallest absolute Gasteiger partial charge is 0.480 e. The summed E-state index contributed by atoms with van der Waals surface area (Å²) in [6, 6.07) is 4.13. The van der Waals surface area contributed by atoms with E-state index in [0.717, 1.165) is 6.42 Å². The molecule has 25 heavy (non-hydrogen) atoms. The molecule has 2 atom stereocenters. The van der Waals surface area contributed by atoms with Gasteiger partial charge in [0.1, 0.15) is 11.8 Å². The minimum Gasteiger partial charge on any atom is -0.480 e. The van der Waals surface area contributed by atoms with Gasteiger partial charge in [-0.15, -0.1) is 13.2 Å². The van der Waals surface area contributed by atoms with Crippen molar-refractivity contribution in [1.82, 2.24) is 10.2 Å². The van der Waals surface area contributed by atoms with Crippen LogP contribution < -0.4 is 10.1 Å². The largest absolute Gasteiger partial charge is 0.573 e. The number of carbonyl (C=O) groups is 2. The molecule has 1 fully saturated rings. The Balaban J connectivity index is 1.89. The summed E-state index contributed by atoms with van der Waals surface area (Å²) in [5, 5.41) is 11.8. The van der Waals surface area contributed by atoms with Gasteiger partial charge in [0, 0.05) is 0 Å². The van der Waals surface area contributed by atoms with Crippen molar-refractivity contribution in [3.63, 3.8) is 0 Å². The molecular weight excluding hydrogens is 341 g/mol. The van der Waals surface area contributed by atoms with Crippen LogP contribution in [0.15, 0.2) is 24.3 Å². The number of ether oxygens (including phenoxy) is 1. The van der Waals surface area contributed by atoms with Crippen molar-refractivity contribution in [2.45, 2.75) is 38.2 Å². The number of carboxylic acid groups (broad SMARTS) is 1. The van der Waals surface area contributed by atoms with Crippen LogP contribution in [-0.4, -0.2) is 47.4 Å². The first-order valence-electron chi connectivity index (χ1n) is 7.77. The quantitative estimate of drug-likeness (QED) is 0.814. The minimum atomic E-state index is -4.75. The van der Waals surface area contributed by atoms with Gasteiger partial charge in [-0.1, -0.05) is 12.1 Å². The van der Waals surface area contributed by atoms with Crippen LogP contribution in [0.4, 0.5) is 13.2 Å². The Kier molecular flexibility index (Phi) is 5.89. The second kappa shape index (κ2) is 7.73. The van der Waals surface area contributed by atoms with Gasteiger partial charge in [0.2, 0.25) is 5.91 Å². The molecular formula is C16H19F3N2O4. The Morgan fingerprint density at radius 3 is 2.56 bits per heavy atom. The Labute approximate surface area is 142 Å². The van der Waals surface area contributed by atoms with Crippen molar-refractivity contribution in [3.8, 4) is 5.75 Å². The molecule has 9 heteroatoms. The average Bonchev–Trinajstić information content (AvgIpc) is 2.94. The van der Waals surface area contributed by atoms with E-state index in [1.54, 1.807) is 11.8 Å². The van der Waals surface area contributed by atoms with Gasteiger partial charge in [-0.25, -0.2) is 0 Å². The van der Waals surface area contributed by atoms with Crippen molar-refractivity contribution in [2.75, 3.05) is 13.1 Å². The van der Waals surface area contributed by atoms with E-state index in [2.05, 4.69) is 10.1 Å². The first-order valence-corrected chi connectivity index (χ1v) is 7.77. The number of nitrogens with one attached hydrogen (secondary N) is 1. The maximum Gasteiger partial charge on any atom is 0.573 e. The fourth-order valence-corrected chi connectivity index (χ4v) is 2.81. The third-order valence-corrected chi connectivity index (χ3v) is 3.99. The number of halogens is 3. The molecule has 0 bridgehead atoms. The number of carbonyl (C=O) groups excluding carboxylic acids is 1. The number of carboxylic acids is 1. The molecule has 0 saturated carbocycles. The van der Waals surface area contributed by atoms with E-state index < -0.39 is 24.4 Å². The lowest BCUT2D eigenvalue weighted by atomic mass is 10.1. The molecule has 0 radical (unpaired) electrons. The van der Waals surface area contributed by atoms with E-state index in [4.69, 9.17) is 5.11 Å². The fourth-order valence-electron chi connectivity index (χ4n) is 2.81. The minimum absolute atomic E-state index is 0.0312. The molecule has 1 amide bonds.